The Morgan fingerprint density at radius 3 is 3.05 bits per heavy atom. The molecule has 7 heteroatoms. The molecule has 0 bridgehead atoms. The van der Waals surface area contributed by atoms with Crippen LogP contribution in [0.4, 0.5) is 0 Å². The average Bonchev–Trinajstić information content (AvgIpc) is 2.97. The summed E-state index contributed by atoms with van der Waals surface area (Å²) in [7, 11) is 0. The van der Waals surface area contributed by atoms with Gasteiger partial charge < -0.3 is 4.90 Å². The molecule has 0 N–H and O–H groups in total. The van der Waals surface area contributed by atoms with E-state index in [0.29, 0.717) is 11.8 Å². The van der Waals surface area contributed by atoms with E-state index < -0.39 is 0 Å². The van der Waals surface area contributed by atoms with Gasteiger partial charge in [-0.05, 0) is 16.8 Å². The summed E-state index contributed by atoms with van der Waals surface area (Å²) >= 11 is 1.84. The van der Waals surface area contributed by atoms with E-state index in [1.165, 1.54) is 19.3 Å². The Bertz CT molecular complexity index is 463. The predicted octanol–water partition coefficient (Wildman–Crippen LogP) is 1.60. The van der Waals surface area contributed by atoms with Gasteiger partial charge in [-0.3, -0.25) is 4.79 Å². The van der Waals surface area contributed by atoms with Crippen molar-refractivity contribution in [2.45, 2.75) is 57.0 Å². The van der Waals surface area contributed by atoms with Gasteiger partial charge in [-0.1, -0.05) is 26.2 Å². The number of nitrogens with zero attached hydrogens (tertiary/aromatic N) is 5. The first kappa shape index (κ1) is 12.9. The van der Waals surface area contributed by atoms with Crippen LogP contribution in [0.5, 0.6) is 0 Å². The number of carbonyl (C=O) groups is 1. The monoisotopic (exact) mass is 281 g/mol. The van der Waals surface area contributed by atoms with E-state index in [2.05, 4.69) is 22.4 Å². The lowest BCUT2D eigenvalue weighted by atomic mass is 10.1. The number of aryl methyl sites for hydroxylation is 1. The topological polar surface area (TPSA) is 63.9 Å². The predicted molar refractivity (Wildman–Crippen MR) is 72.4 cm³/mol. The number of hydrogen-bond donors (Lipinski definition) is 0. The molecule has 2 aliphatic heterocycles. The van der Waals surface area contributed by atoms with E-state index in [1.807, 2.05) is 21.3 Å². The Morgan fingerprint density at radius 1 is 1.37 bits per heavy atom. The molecule has 0 aromatic carbocycles. The maximum Gasteiger partial charge on any atom is 0.227 e. The molecular weight excluding hydrogens is 262 g/mol. The molecule has 3 rings (SSSR count). The molecule has 2 aliphatic rings. The second-order valence-corrected chi connectivity index (χ2v) is 6.34. The number of unbranched alkanes of at least 4 members (excludes halogenated alkanes) is 3. The fraction of sp³-hybridized carbons (Fsp3) is 0.833. The fourth-order valence-electron chi connectivity index (χ4n) is 2.69. The fourth-order valence-corrected chi connectivity index (χ4v) is 4.09. The zero-order valence-corrected chi connectivity index (χ0v) is 12.0. The smallest absolute Gasteiger partial charge is 0.227 e. The molecule has 1 unspecified atom stereocenters. The number of carbonyl (C=O) groups excluding carboxylic acids is 1. The molecule has 3 heterocycles. The first-order valence-corrected chi connectivity index (χ1v) is 8.05. The molecule has 2 atom stereocenters. The molecule has 1 aromatic heterocycles. The van der Waals surface area contributed by atoms with Crippen molar-refractivity contribution in [3.05, 3.63) is 5.82 Å². The second-order valence-electron chi connectivity index (χ2n) is 5.13. The van der Waals surface area contributed by atoms with Crippen LogP contribution in [0.15, 0.2) is 0 Å². The summed E-state index contributed by atoms with van der Waals surface area (Å²) in [6, 6.07) is 0.0809. The normalized spacial score (nSPS) is 25.5. The van der Waals surface area contributed by atoms with Crippen molar-refractivity contribution in [3.8, 4) is 0 Å². The third-order valence-electron chi connectivity index (χ3n) is 3.81. The highest BCUT2D eigenvalue weighted by atomic mass is 32.2. The molecule has 1 amide bonds. The highest BCUT2D eigenvalue weighted by Crippen LogP contribution is 2.45. The molecule has 0 aliphatic carbocycles. The summed E-state index contributed by atoms with van der Waals surface area (Å²) in [5.74, 6) is 2.02. The molecule has 0 radical (unpaired) electrons. The maximum absolute atomic E-state index is 11.7. The third-order valence-corrected chi connectivity index (χ3v) is 5.10. The van der Waals surface area contributed by atoms with Crippen molar-refractivity contribution in [1.82, 2.24) is 25.1 Å². The van der Waals surface area contributed by atoms with Gasteiger partial charge in [0.15, 0.2) is 5.82 Å². The Morgan fingerprint density at radius 2 is 2.26 bits per heavy atom. The molecule has 1 aromatic rings. The Hall–Kier alpha value is -1.11. The number of rotatable bonds is 6. The number of amides is 1. The van der Waals surface area contributed by atoms with Crippen LogP contribution in [-0.2, 0) is 11.3 Å². The van der Waals surface area contributed by atoms with Crippen LogP contribution in [0.3, 0.4) is 0 Å². The molecule has 2 fully saturated rings. The molecular formula is C12H19N5OS. The Balaban J connectivity index is 1.65. The summed E-state index contributed by atoms with van der Waals surface area (Å²) in [6.07, 6.45) is 5.47. The van der Waals surface area contributed by atoms with Crippen molar-refractivity contribution in [3.63, 3.8) is 0 Å². The number of β-lactam (4-membered cyclic amide) rings is 1. The lowest BCUT2D eigenvalue weighted by molar-refractivity contribution is -0.143. The first-order valence-electron chi connectivity index (χ1n) is 7.00. The van der Waals surface area contributed by atoms with E-state index >= 15 is 0 Å². The van der Waals surface area contributed by atoms with Gasteiger partial charge in [0.25, 0.3) is 0 Å². The lowest BCUT2D eigenvalue weighted by Crippen LogP contribution is -2.48. The molecule has 0 saturated carbocycles. The minimum absolute atomic E-state index is 0.0809. The number of hydrogen-bond acceptors (Lipinski definition) is 5. The largest absolute Gasteiger partial charge is 0.319 e. The molecule has 19 heavy (non-hydrogen) atoms. The van der Waals surface area contributed by atoms with Crippen molar-refractivity contribution in [1.29, 1.82) is 0 Å². The van der Waals surface area contributed by atoms with Crippen LogP contribution in [0.2, 0.25) is 0 Å². The summed E-state index contributed by atoms with van der Waals surface area (Å²) in [5, 5.41) is 12.4. The zero-order chi connectivity index (χ0) is 13.2. The van der Waals surface area contributed by atoms with Crippen LogP contribution < -0.4 is 0 Å². The van der Waals surface area contributed by atoms with Gasteiger partial charge in [0.1, 0.15) is 6.04 Å². The summed E-state index contributed by atoms with van der Waals surface area (Å²) in [6.45, 7) is 3.06. The summed E-state index contributed by atoms with van der Waals surface area (Å²) in [5.41, 5.74) is 0. The zero-order valence-electron chi connectivity index (χ0n) is 11.2. The summed E-state index contributed by atoms with van der Waals surface area (Å²) < 4.78 is 1.88. The number of thioether (sulfide) groups is 1. The van der Waals surface area contributed by atoms with Crippen LogP contribution in [0.25, 0.3) is 0 Å². The van der Waals surface area contributed by atoms with Crippen molar-refractivity contribution < 1.29 is 4.79 Å². The van der Waals surface area contributed by atoms with Crippen LogP contribution in [0, 0.1) is 0 Å². The lowest BCUT2D eigenvalue weighted by Gasteiger charge is -2.36. The Labute approximate surface area is 116 Å². The van der Waals surface area contributed by atoms with Gasteiger partial charge in [0.2, 0.25) is 5.91 Å². The highest BCUT2D eigenvalue weighted by molar-refractivity contribution is 8.00. The number of tetrazole rings is 1. The van der Waals surface area contributed by atoms with E-state index in [9.17, 15) is 4.79 Å². The standard InChI is InChI=1S/C12H19N5OS/c1-2-3-4-5-6-16-12(13-14-15-16)9-8-19-11-7-10(18)17(9)11/h9,11H,2-8H2,1H3/t9?,11-/m1/s1. The Kier molecular flexibility index (Phi) is 3.72. The maximum atomic E-state index is 11.7. The number of fused-ring (bicyclic) bond motifs is 1. The molecule has 6 nitrogen and oxygen atoms in total. The van der Waals surface area contributed by atoms with Gasteiger partial charge >= 0.3 is 0 Å². The average molecular weight is 281 g/mol. The van der Waals surface area contributed by atoms with Gasteiger partial charge in [0.05, 0.1) is 11.8 Å². The molecule has 2 saturated heterocycles. The minimum Gasteiger partial charge on any atom is -0.319 e. The van der Waals surface area contributed by atoms with E-state index in [-0.39, 0.29) is 11.9 Å². The van der Waals surface area contributed by atoms with E-state index in [4.69, 9.17) is 0 Å². The second kappa shape index (κ2) is 5.48. The van der Waals surface area contributed by atoms with E-state index in [0.717, 1.165) is 24.5 Å². The van der Waals surface area contributed by atoms with Crippen molar-refractivity contribution >= 4 is 17.7 Å². The molecule has 0 spiro atoms. The van der Waals surface area contributed by atoms with Crippen molar-refractivity contribution in [2.75, 3.05) is 5.75 Å². The van der Waals surface area contributed by atoms with Gasteiger partial charge in [-0.15, -0.1) is 16.9 Å². The quantitative estimate of drug-likeness (QED) is 0.585. The number of aromatic nitrogens is 4. The minimum atomic E-state index is 0.0809. The van der Waals surface area contributed by atoms with Crippen molar-refractivity contribution in [2.24, 2.45) is 0 Å². The van der Waals surface area contributed by atoms with Gasteiger partial charge in [0, 0.05) is 12.3 Å². The van der Waals surface area contributed by atoms with E-state index in [1.54, 1.807) is 0 Å². The van der Waals surface area contributed by atoms with Crippen LogP contribution in [0.1, 0.15) is 50.9 Å². The van der Waals surface area contributed by atoms with Gasteiger partial charge in [-0.25, -0.2) is 4.68 Å². The molecule has 104 valence electrons. The van der Waals surface area contributed by atoms with Gasteiger partial charge in [-0.2, -0.15) is 0 Å². The third kappa shape index (κ3) is 2.35. The summed E-state index contributed by atoms with van der Waals surface area (Å²) in [4.78, 5) is 13.6. The first-order chi connectivity index (χ1) is 9.31. The van der Waals surface area contributed by atoms with Crippen LogP contribution >= 0.6 is 11.8 Å². The van der Waals surface area contributed by atoms with Crippen LogP contribution in [-0.4, -0.2) is 42.1 Å². The highest BCUT2D eigenvalue weighted by Gasteiger charge is 2.48. The SMILES string of the molecule is CCCCCCn1nnnc1C1CS[C@@H]2CC(=O)N12.